The molecule has 1 heteroatoms. The lowest BCUT2D eigenvalue weighted by Gasteiger charge is -2.02. The number of rotatable bonds is 2. The molecule has 0 aliphatic rings. The van der Waals surface area contributed by atoms with Crippen LogP contribution in [0.2, 0.25) is 0 Å². The highest BCUT2D eigenvalue weighted by atomic mass is 14.7. The molecule has 0 atom stereocenters. The normalized spacial score (nSPS) is 11.3. The van der Waals surface area contributed by atoms with Crippen molar-refractivity contribution >= 4 is 6.08 Å². The first-order chi connectivity index (χ1) is 5.74. The maximum Gasteiger partial charge on any atom is 0.0429 e. The number of hydrogen-bond acceptors (Lipinski definition) is 1. The Balaban J connectivity index is 2.85. The largest absolute Gasteiger partial charge is 0.260 e. The summed E-state index contributed by atoms with van der Waals surface area (Å²) in [4.78, 5) is 4.35. The monoisotopic (exact) mass is 161 g/mol. The van der Waals surface area contributed by atoms with E-state index in [1.165, 1.54) is 5.56 Å². The molecule has 12 heavy (non-hydrogen) atoms. The van der Waals surface area contributed by atoms with E-state index in [1.807, 2.05) is 19.2 Å². The Kier molecular flexibility index (Phi) is 3.03. The van der Waals surface area contributed by atoms with Gasteiger partial charge in [-0.3, -0.25) is 4.98 Å². The Bertz CT molecular complexity index is 257. The Morgan fingerprint density at radius 2 is 2.08 bits per heavy atom. The van der Waals surface area contributed by atoms with Crippen molar-refractivity contribution in [3.63, 3.8) is 0 Å². The molecule has 0 spiro atoms. The fraction of sp³-hybridized carbons (Fsp3) is 0.364. The Labute approximate surface area is 74.2 Å². The molecule has 1 heterocycles. The summed E-state index contributed by atoms with van der Waals surface area (Å²) in [6, 6.07) is 4.18. The topological polar surface area (TPSA) is 12.9 Å². The van der Waals surface area contributed by atoms with E-state index in [2.05, 4.69) is 37.0 Å². The molecule has 0 saturated carbocycles. The Morgan fingerprint density at radius 1 is 1.33 bits per heavy atom. The van der Waals surface area contributed by atoms with Gasteiger partial charge in [0.05, 0.1) is 0 Å². The number of aromatic nitrogens is 1. The molecule has 0 bridgehead atoms. The molecule has 1 aromatic rings. The summed E-state index contributed by atoms with van der Waals surface area (Å²) < 4.78 is 0. The van der Waals surface area contributed by atoms with Crippen LogP contribution in [-0.2, 0) is 0 Å². The first kappa shape index (κ1) is 8.98. The number of hydrogen-bond donors (Lipinski definition) is 0. The highest BCUT2D eigenvalue weighted by molar-refractivity contribution is 5.47. The Morgan fingerprint density at radius 3 is 2.50 bits per heavy atom. The molecule has 0 aliphatic heterocycles. The molecule has 1 aromatic heterocycles. The van der Waals surface area contributed by atoms with Gasteiger partial charge in [0.15, 0.2) is 0 Å². The summed E-state index contributed by atoms with van der Waals surface area (Å²) in [5.41, 5.74) is 2.32. The summed E-state index contributed by atoms with van der Waals surface area (Å²) in [5, 5.41) is 0. The van der Waals surface area contributed by atoms with E-state index < -0.39 is 0 Å². The van der Waals surface area contributed by atoms with Gasteiger partial charge in [0.1, 0.15) is 0 Å². The van der Waals surface area contributed by atoms with Gasteiger partial charge in [-0.25, -0.2) is 0 Å². The number of pyridine rings is 1. The zero-order valence-electron chi connectivity index (χ0n) is 7.91. The molecule has 0 radical (unpaired) electrons. The molecule has 0 saturated heterocycles. The predicted molar refractivity (Wildman–Crippen MR) is 53.0 cm³/mol. The minimum Gasteiger partial charge on any atom is -0.260 e. The summed E-state index contributed by atoms with van der Waals surface area (Å²) >= 11 is 0. The quantitative estimate of drug-likeness (QED) is 0.649. The van der Waals surface area contributed by atoms with Gasteiger partial charge in [0.2, 0.25) is 0 Å². The molecule has 0 aliphatic carbocycles. The second-order valence-corrected chi connectivity index (χ2v) is 3.17. The van der Waals surface area contributed by atoms with Crippen molar-refractivity contribution < 1.29 is 0 Å². The molecular weight excluding hydrogens is 146 g/mol. The predicted octanol–water partition coefficient (Wildman–Crippen LogP) is 3.24. The average molecular weight is 161 g/mol. The fourth-order valence-electron chi connectivity index (χ4n) is 1.05. The average Bonchev–Trinajstić information content (AvgIpc) is 2.06. The van der Waals surface area contributed by atoms with Crippen molar-refractivity contribution in [1.29, 1.82) is 0 Å². The highest BCUT2D eigenvalue weighted by Crippen LogP contribution is 2.11. The van der Waals surface area contributed by atoms with Crippen molar-refractivity contribution in [2.45, 2.75) is 26.7 Å². The van der Waals surface area contributed by atoms with Crippen molar-refractivity contribution in [3.8, 4) is 0 Å². The summed E-state index contributed by atoms with van der Waals surface area (Å²) in [7, 11) is 0. The second-order valence-electron chi connectivity index (χ2n) is 3.17. The molecule has 0 unspecified atom stereocenters. The van der Waals surface area contributed by atoms with E-state index in [4.69, 9.17) is 0 Å². The van der Waals surface area contributed by atoms with Crippen LogP contribution < -0.4 is 0 Å². The molecular formula is C11H15N. The summed E-state index contributed by atoms with van der Waals surface area (Å²) in [5.74, 6) is 0.518. The molecule has 0 amide bonds. The fourth-order valence-corrected chi connectivity index (χ4v) is 1.05. The standard InChI is InChI=1S/C11H15N/c1-4-5-10-6-7-11(9(2)3)12-8-10/h4-9H,1-3H3. The molecule has 0 aromatic carbocycles. The van der Waals surface area contributed by atoms with E-state index >= 15 is 0 Å². The van der Waals surface area contributed by atoms with Crippen LogP contribution in [0.1, 0.15) is 37.9 Å². The lowest BCUT2D eigenvalue weighted by Crippen LogP contribution is -1.91. The Hall–Kier alpha value is -1.11. The van der Waals surface area contributed by atoms with Crippen LogP contribution in [0, 0.1) is 0 Å². The van der Waals surface area contributed by atoms with Crippen LogP contribution in [0.3, 0.4) is 0 Å². The van der Waals surface area contributed by atoms with Crippen molar-refractivity contribution in [2.75, 3.05) is 0 Å². The maximum absolute atomic E-state index is 4.35. The first-order valence-electron chi connectivity index (χ1n) is 4.32. The minimum absolute atomic E-state index is 0.518. The van der Waals surface area contributed by atoms with Crippen molar-refractivity contribution in [2.24, 2.45) is 0 Å². The van der Waals surface area contributed by atoms with Gasteiger partial charge < -0.3 is 0 Å². The van der Waals surface area contributed by atoms with Gasteiger partial charge in [0, 0.05) is 11.9 Å². The van der Waals surface area contributed by atoms with Gasteiger partial charge in [-0.1, -0.05) is 32.1 Å². The van der Waals surface area contributed by atoms with Crippen LogP contribution in [-0.4, -0.2) is 4.98 Å². The highest BCUT2D eigenvalue weighted by Gasteiger charge is 1.98. The SMILES string of the molecule is CC=Cc1ccc(C(C)C)nc1. The number of allylic oxidation sites excluding steroid dienone is 1. The third-order valence-electron chi connectivity index (χ3n) is 1.76. The van der Waals surface area contributed by atoms with Crippen LogP contribution in [0.25, 0.3) is 6.08 Å². The molecule has 1 nitrogen and oxygen atoms in total. The van der Waals surface area contributed by atoms with Crippen LogP contribution >= 0.6 is 0 Å². The smallest absolute Gasteiger partial charge is 0.0429 e. The van der Waals surface area contributed by atoms with Crippen LogP contribution in [0.5, 0.6) is 0 Å². The van der Waals surface area contributed by atoms with E-state index in [0.29, 0.717) is 5.92 Å². The third kappa shape index (κ3) is 2.19. The van der Waals surface area contributed by atoms with Crippen LogP contribution in [0.15, 0.2) is 24.4 Å². The van der Waals surface area contributed by atoms with Gasteiger partial charge in [-0.15, -0.1) is 0 Å². The lowest BCUT2D eigenvalue weighted by molar-refractivity contribution is 0.822. The molecule has 0 fully saturated rings. The van der Waals surface area contributed by atoms with Gasteiger partial charge in [-0.05, 0) is 24.5 Å². The van der Waals surface area contributed by atoms with Gasteiger partial charge in [0.25, 0.3) is 0 Å². The number of nitrogens with zero attached hydrogens (tertiary/aromatic N) is 1. The van der Waals surface area contributed by atoms with E-state index in [-0.39, 0.29) is 0 Å². The summed E-state index contributed by atoms with van der Waals surface area (Å²) in [6.07, 6.45) is 5.98. The third-order valence-corrected chi connectivity index (χ3v) is 1.76. The minimum atomic E-state index is 0.518. The van der Waals surface area contributed by atoms with E-state index in [0.717, 1.165) is 5.69 Å². The van der Waals surface area contributed by atoms with E-state index in [1.54, 1.807) is 0 Å². The maximum atomic E-state index is 4.35. The zero-order valence-corrected chi connectivity index (χ0v) is 7.91. The molecule has 1 rings (SSSR count). The van der Waals surface area contributed by atoms with Crippen molar-refractivity contribution in [3.05, 3.63) is 35.7 Å². The van der Waals surface area contributed by atoms with Crippen LogP contribution in [0.4, 0.5) is 0 Å². The van der Waals surface area contributed by atoms with Crippen molar-refractivity contribution in [1.82, 2.24) is 4.98 Å². The summed E-state index contributed by atoms with van der Waals surface area (Å²) in [6.45, 7) is 6.31. The van der Waals surface area contributed by atoms with E-state index in [9.17, 15) is 0 Å². The van der Waals surface area contributed by atoms with Gasteiger partial charge in [-0.2, -0.15) is 0 Å². The first-order valence-corrected chi connectivity index (χ1v) is 4.32. The van der Waals surface area contributed by atoms with Gasteiger partial charge >= 0.3 is 0 Å². The zero-order chi connectivity index (χ0) is 8.97. The molecule has 0 N–H and O–H groups in total. The molecule has 64 valence electrons. The lowest BCUT2D eigenvalue weighted by atomic mass is 10.1. The second kappa shape index (κ2) is 4.05.